The van der Waals surface area contributed by atoms with Gasteiger partial charge in [0, 0.05) is 5.39 Å². The van der Waals surface area contributed by atoms with Gasteiger partial charge in [0.2, 0.25) is 0 Å². The van der Waals surface area contributed by atoms with Crippen LogP contribution in [0.4, 0.5) is 11.4 Å². The number of fused-ring (bicyclic) bond motifs is 1. The summed E-state index contributed by atoms with van der Waals surface area (Å²) >= 11 is 0. The van der Waals surface area contributed by atoms with Crippen LogP contribution in [0.2, 0.25) is 0 Å². The normalized spacial score (nSPS) is 12.3. The summed E-state index contributed by atoms with van der Waals surface area (Å²) in [5, 5.41) is 16.9. The van der Waals surface area contributed by atoms with E-state index in [1.165, 1.54) is 12.1 Å². The van der Waals surface area contributed by atoms with Gasteiger partial charge >= 0.3 is 59.1 Å². The summed E-state index contributed by atoms with van der Waals surface area (Å²) in [7, 11) is -15.2. The van der Waals surface area contributed by atoms with E-state index in [0.29, 0.717) is 6.07 Å². The van der Waals surface area contributed by atoms with Crippen LogP contribution in [-0.4, -0.2) is 44.0 Å². The molecule has 33 heavy (non-hydrogen) atoms. The van der Waals surface area contributed by atoms with Crippen LogP contribution in [0.15, 0.2) is 73.4 Å². The van der Waals surface area contributed by atoms with Gasteiger partial charge in [0.15, 0.2) is 5.75 Å². The fraction of sp³-hybridized carbons (Fsp3) is 0. The first-order chi connectivity index (χ1) is 14.2. The van der Waals surface area contributed by atoms with E-state index in [2.05, 4.69) is 10.2 Å². The summed E-state index contributed by atoms with van der Waals surface area (Å²) in [4.78, 5) is -2.64. The Bertz CT molecular complexity index is 1570. The van der Waals surface area contributed by atoms with Crippen molar-refractivity contribution in [2.24, 2.45) is 10.2 Å². The second-order valence-corrected chi connectivity index (χ2v) is 10.1. The van der Waals surface area contributed by atoms with Gasteiger partial charge in [0.05, 0.1) is 14.7 Å². The minimum Gasteiger partial charge on any atom is -0.744 e. The molecule has 3 rings (SSSR count). The predicted molar refractivity (Wildman–Crippen MR) is 100 cm³/mol. The Morgan fingerprint density at radius 1 is 0.697 bits per heavy atom. The molecule has 0 amide bonds. The summed E-state index contributed by atoms with van der Waals surface area (Å²) in [5.74, 6) is -0.909. The van der Waals surface area contributed by atoms with Gasteiger partial charge in [-0.2, -0.15) is 0 Å². The molecule has 1 N–H and O–H groups in total. The number of benzene rings is 3. The number of aromatic hydroxyl groups is 1. The Kier molecular flexibility index (Phi) is 9.81. The third kappa shape index (κ3) is 6.81. The molecule has 0 aliphatic carbocycles. The zero-order valence-electron chi connectivity index (χ0n) is 16.9. The second-order valence-electron chi connectivity index (χ2n) is 5.98. The first-order valence-electron chi connectivity index (χ1n) is 7.88. The number of phenolic OH excluding ortho intramolecular Hbond substituents is 1. The van der Waals surface area contributed by atoms with E-state index in [1.807, 2.05) is 0 Å². The van der Waals surface area contributed by atoms with E-state index in [1.54, 1.807) is 0 Å². The van der Waals surface area contributed by atoms with Crippen LogP contribution in [0.25, 0.3) is 10.8 Å². The van der Waals surface area contributed by atoms with Crippen molar-refractivity contribution in [2.75, 3.05) is 0 Å². The number of rotatable bonds is 5. The minimum atomic E-state index is -5.31. The summed E-state index contributed by atoms with van der Waals surface area (Å²) in [6, 6.07) is 7.78. The SMILES string of the molecule is O=S(=O)([O-])c1ccc2c(O)c(N=Nc3ccccc3S(=O)(=O)[O-])c(S(=O)(=O)[O-])cc2c1.[Na+].[Na+]. The molecule has 0 spiro atoms. The smallest absolute Gasteiger partial charge is 0.744 e. The molecule has 17 heteroatoms. The fourth-order valence-corrected chi connectivity index (χ4v) is 4.39. The van der Waals surface area contributed by atoms with E-state index in [4.69, 9.17) is 0 Å². The molecule has 164 valence electrons. The Hall–Kier alpha value is -0.950. The zero-order valence-corrected chi connectivity index (χ0v) is 23.3. The van der Waals surface area contributed by atoms with Gasteiger partial charge in [-0.15, -0.1) is 10.2 Å². The van der Waals surface area contributed by atoms with Crippen LogP contribution in [0.5, 0.6) is 5.75 Å². The number of hydrogen-bond donors (Lipinski definition) is 1. The molecule has 0 fully saturated rings. The van der Waals surface area contributed by atoms with E-state index in [-0.39, 0.29) is 69.9 Å². The van der Waals surface area contributed by atoms with Gasteiger partial charge in [-0.25, -0.2) is 25.3 Å². The Labute approximate surface area is 232 Å². The van der Waals surface area contributed by atoms with Crippen molar-refractivity contribution >= 4 is 52.5 Å². The largest absolute Gasteiger partial charge is 1.00 e. The van der Waals surface area contributed by atoms with Crippen molar-refractivity contribution in [3.05, 3.63) is 48.5 Å². The molecule has 0 aliphatic heterocycles. The number of azo groups is 1. The van der Waals surface area contributed by atoms with Gasteiger partial charge in [-0.1, -0.05) is 12.1 Å². The molecule has 12 nitrogen and oxygen atoms in total. The van der Waals surface area contributed by atoms with Crippen molar-refractivity contribution < 1.29 is 103 Å². The molecule has 0 saturated heterocycles. The van der Waals surface area contributed by atoms with E-state index in [0.717, 1.165) is 30.3 Å². The first-order valence-corrected chi connectivity index (χ1v) is 12.1. The van der Waals surface area contributed by atoms with Crippen molar-refractivity contribution in [1.29, 1.82) is 0 Å². The molecule has 0 atom stereocenters. The van der Waals surface area contributed by atoms with E-state index in [9.17, 15) is 44.0 Å². The van der Waals surface area contributed by atoms with Crippen molar-refractivity contribution in [1.82, 2.24) is 0 Å². The van der Waals surface area contributed by atoms with Gasteiger partial charge in [0.25, 0.3) is 0 Å². The summed E-state index contributed by atoms with van der Waals surface area (Å²) in [6.07, 6.45) is 0. The molecule has 3 aromatic rings. The number of phenols is 1. The van der Waals surface area contributed by atoms with Gasteiger partial charge in [0.1, 0.15) is 41.7 Å². The predicted octanol–water partition coefficient (Wildman–Crippen LogP) is -4.32. The van der Waals surface area contributed by atoms with Crippen LogP contribution in [0, 0.1) is 0 Å². The van der Waals surface area contributed by atoms with Gasteiger partial charge < -0.3 is 18.8 Å². The molecular weight excluding hydrogens is 522 g/mol. The number of hydrogen-bond acceptors (Lipinski definition) is 12. The molecule has 0 radical (unpaired) electrons. The topological polar surface area (TPSA) is 217 Å². The maximum atomic E-state index is 11.7. The molecular formula is C16H9N2Na2O10S3-. The van der Waals surface area contributed by atoms with Crippen molar-refractivity contribution in [3.8, 4) is 5.75 Å². The molecule has 3 aromatic carbocycles. The molecule has 0 heterocycles. The van der Waals surface area contributed by atoms with Crippen LogP contribution >= 0.6 is 0 Å². The molecule has 0 aliphatic rings. The average molecular weight is 531 g/mol. The Morgan fingerprint density at radius 3 is 1.82 bits per heavy atom. The van der Waals surface area contributed by atoms with Gasteiger partial charge in [-0.05, 0) is 41.8 Å². The molecule has 0 unspecified atom stereocenters. The third-order valence-electron chi connectivity index (χ3n) is 3.97. The van der Waals surface area contributed by atoms with Crippen molar-refractivity contribution in [3.63, 3.8) is 0 Å². The third-order valence-corrected chi connectivity index (χ3v) is 6.54. The molecule has 0 bridgehead atoms. The van der Waals surface area contributed by atoms with Crippen LogP contribution < -0.4 is 59.1 Å². The summed E-state index contributed by atoms with van der Waals surface area (Å²) in [6.45, 7) is 0. The van der Waals surface area contributed by atoms with Crippen LogP contribution in [-0.2, 0) is 30.4 Å². The molecule has 0 aromatic heterocycles. The maximum absolute atomic E-state index is 11.7. The first kappa shape index (κ1) is 30.1. The molecule has 0 saturated carbocycles. The van der Waals surface area contributed by atoms with E-state index < -0.39 is 62.2 Å². The minimum absolute atomic E-state index is 0. The average Bonchev–Trinajstić information content (AvgIpc) is 2.64. The van der Waals surface area contributed by atoms with Crippen LogP contribution in [0.1, 0.15) is 0 Å². The summed E-state index contributed by atoms with van der Waals surface area (Å²) < 4.78 is 103. The quantitative estimate of drug-likeness (QED) is 0.190. The zero-order chi connectivity index (χ0) is 23.2. The number of nitrogens with zero attached hydrogens (tertiary/aromatic N) is 2. The fourth-order valence-electron chi connectivity index (χ4n) is 2.63. The van der Waals surface area contributed by atoms with Gasteiger partial charge in [-0.3, -0.25) is 0 Å². The van der Waals surface area contributed by atoms with Crippen LogP contribution in [0.3, 0.4) is 0 Å². The summed E-state index contributed by atoms with van der Waals surface area (Å²) in [5.41, 5.74) is -1.36. The van der Waals surface area contributed by atoms with E-state index >= 15 is 0 Å². The second kappa shape index (κ2) is 10.8. The Balaban J connectivity index is 0.00000272. The monoisotopic (exact) mass is 531 g/mol. The standard InChI is InChI=1S/C16H12N2O10S3.2Na/c19-16-11-6-5-10(29(20,21)22)7-9(11)8-14(31(26,27)28)15(16)18-17-12-3-1-2-4-13(12)30(23,24)25;;/h1-8,19H,(H,20,21,22)(H,23,24,25)(H,26,27,28);;/q;2*+1/p-3. The van der Waals surface area contributed by atoms with Crippen molar-refractivity contribution in [2.45, 2.75) is 14.7 Å². The Morgan fingerprint density at radius 2 is 1.27 bits per heavy atom. The maximum Gasteiger partial charge on any atom is 1.00 e.